The molecule has 21 heteroatoms. The van der Waals surface area contributed by atoms with Crippen LogP contribution in [0.1, 0.15) is 121 Å². The van der Waals surface area contributed by atoms with Crippen molar-refractivity contribution in [3.63, 3.8) is 0 Å². The van der Waals surface area contributed by atoms with Crippen LogP contribution < -0.4 is 11.1 Å². The third-order valence-corrected chi connectivity index (χ3v) is 7.30. The maximum atomic E-state index is 11.9. The smallest absolute Gasteiger partial charge is 0.419 e. The Hall–Kier alpha value is -5.70. The number of nitrogens with zero attached hydrogens (tertiary/aromatic N) is 1. The number of rotatable bonds is 10. The average molecular weight is 1070 g/mol. The van der Waals surface area contributed by atoms with Crippen molar-refractivity contribution in [1.29, 1.82) is 0 Å². The van der Waals surface area contributed by atoms with E-state index in [1.165, 1.54) is 12.1 Å². The minimum atomic E-state index is -3.64. The number of ether oxygens (including phenoxy) is 4. The third-order valence-electron chi connectivity index (χ3n) is 5.51. The number of terminal acetylenes is 4. The Balaban J connectivity index is -0.000000187. The molecule has 0 aromatic heterocycles. The lowest BCUT2D eigenvalue weighted by molar-refractivity contribution is -0.0669. The van der Waals surface area contributed by atoms with Gasteiger partial charge in [-0.05, 0) is 127 Å². The third kappa shape index (κ3) is 60.4. The number of nitrogens with one attached hydrogen (secondary N) is 1. The molecular formula is C50H71Cl2N3O14S2. The molecule has 396 valence electrons. The van der Waals surface area contributed by atoms with Crippen molar-refractivity contribution >= 4 is 70.8 Å². The Morgan fingerprint density at radius 3 is 1.45 bits per heavy atom. The zero-order valence-electron chi connectivity index (χ0n) is 43.2. The Morgan fingerprint density at radius 1 is 0.704 bits per heavy atom. The van der Waals surface area contributed by atoms with E-state index < -0.39 is 56.9 Å². The molecule has 0 radical (unpaired) electrons. The van der Waals surface area contributed by atoms with Gasteiger partial charge in [-0.25, -0.2) is 29.4 Å². The normalized spacial score (nSPS) is 9.70. The van der Waals surface area contributed by atoms with E-state index in [0.29, 0.717) is 19.4 Å². The van der Waals surface area contributed by atoms with Crippen LogP contribution in [0.3, 0.4) is 0 Å². The van der Waals surface area contributed by atoms with Gasteiger partial charge in [0, 0.05) is 49.9 Å². The number of hydrogen-bond donors (Lipinski definition) is 3. The Kier molecular flexibility index (Phi) is 47.9. The fourth-order valence-electron chi connectivity index (χ4n) is 3.09. The molecule has 0 saturated heterocycles. The average Bonchev–Trinajstić information content (AvgIpc) is 3.20. The molecule has 0 atom stereocenters. The van der Waals surface area contributed by atoms with E-state index in [-0.39, 0.29) is 49.9 Å². The summed E-state index contributed by atoms with van der Waals surface area (Å²) in [6.07, 6.45) is 18.3. The van der Waals surface area contributed by atoms with Crippen LogP contribution in [0.4, 0.5) is 19.2 Å². The van der Waals surface area contributed by atoms with Crippen molar-refractivity contribution in [2.24, 2.45) is 5.73 Å². The number of benzene rings is 1. The number of aryl methyl sites for hydroxylation is 1. The first kappa shape index (κ1) is 76.8. The molecule has 0 unspecified atom stereocenters. The minimum Gasteiger partial charge on any atom is -0.443 e. The Morgan fingerprint density at radius 2 is 1.13 bits per heavy atom. The largest absolute Gasteiger partial charge is 0.443 e. The van der Waals surface area contributed by atoms with Gasteiger partial charge in [-0.2, -0.15) is 8.42 Å². The van der Waals surface area contributed by atoms with E-state index in [4.69, 9.17) is 71.5 Å². The number of nitrogens with two attached hydrogens (primary N) is 1. The zero-order chi connectivity index (χ0) is 55.5. The highest BCUT2D eigenvalue weighted by molar-refractivity contribution is 7.99. The van der Waals surface area contributed by atoms with Crippen molar-refractivity contribution in [2.45, 2.75) is 150 Å². The van der Waals surface area contributed by atoms with Crippen LogP contribution in [-0.4, -0.2) is 91.5 Å². The second-order valence-electron chi connectivity index (χ2n) is 16.7. The van der Waals surface area contributed by atoms with Crippen LogP contribution in [0.2, 0.25) is 0 Å². The first-order chi connectivity index (χ1) is 32.3. The van der Waals surface area contributed by atoms with Gasteiger partial charge in [-0.15, -0.1) is 70.6 Å². The number of aliphatic hydroxyl groups excluding tert-OH is 1. The maximum absolute atomic E-state index is 11.9. The number of aliphatic hydroxyl groups is 1. The topological polar surface area (TPSA) is 229 Å². The van der Waals surface area contributed by atoms with Gasteiger partial charge in [0.1, 0.15) is 46.3 Å². The van der Waals surface area contributed by atoms with Gasteiger partial charge in [0.15, 0.2) is 0 Å². The standard InChI is InChI=1S/C14H23NO4.C11H12O3S.C10H19NO4.C7H3ClO2S.C4H7N.C4H6O.ClH/c1-8-9-10-15(11(16)18-13(2,3)4)12(17)19-14(5,6)7;1-3-4-9-14-15(12,13)11-7-5-10(2)6-8-11;1-9(2,3)14-7(12)11-8(13)15-10(4,5)6;1-2-3-4-5-6-7-11-10-9-8;2*1-2-3-4-5;/h1H,9-10H2,2-7H3;1,5-8H,4,9H2,2H3;1-6H3,(H,11,12,13);1H3;1H,3-5H2;1,5H,3-4H2;1H. The van der Waals surface area contributed by atoms with E-state index in [1.54, 1.807) is 102 Å². The van der Waals surface area contributed by atoms with Crippen molar-refractivity contribution in [3.8, 4) is 84.2 Å². The lowest BCUT2D eigenvalue weighted by Crippen LogP contribution is -2.44. The summed E-state index contributed by atoms with van der Waals surface area (Å²) < 4.78 is 55.7. The van der Waals surface area contributed by atoms with Crippen molar-refractivity contribution in [3.05, 3.63) is 29.8 Å². The monoisotopic (exact) mass is 1070 g/mol. The minimum absolute atomic E-state index is 0. The van der Waals surface area contributed by atoms with Crippen LogP contribution in [0, 0.1) is 91.2 Å². The highest BCUT2D eigenvalue weighted by Gasteiger charge is 2.30. The van der Waals surface area contributed by atoms with Crippen LogP contribution in [0.5, 0.6) is 0 Å². The summed E-state index contributed by atoms with van der Waals surface area (Å²) in [5.74, 6) is 21.8. The molecule has 4 N–H and O–H groups in total. The number of carbonyl (C=O) groups excluding carboxylic acids is 4. The van der Waals surface area contributed by atoms with Gasteiger partial charge in [0.05, 0.1) is 18.1 Å². The summed E-state index contributed by atoms with van der Waals surface area (Å²) in [6.45, 7) is 25.0. The lowest BCUT2D eigenvalue weighted by Gasteiger charge is -2.28. The molecule has 0 fully saturated rings. The molecule has 0 aliphatic heterocycles. The Bertz CT molecular complexity index is 2100. The van der Waals surface area contributed by atoms with Crippen molar-refractivity contribution in [1.82, 2.24) is 10.2 Å². The number of hydrogen-bond acceptors (Lipinski definition) is 16. The highest BCUT2D eigenvalue weighted by atomic mass is 35.5. The van der Waals surface area contributed by atoms with E-state index in [9.17, 15) is 27.6 Å². The summed E-state index contributed by atoms with van der Waals surface area (Å²) in [5, 5.41) is 12.3. The first-order valence-electron chi connectivity index (χ1n) is 20.8. The predicted octanol–water partition coefficient (Wildman–Crippen LogP) is 9.47. The van der Waals surface area contributed by atoms with Crippen LogP contribution in [0.25, 0.3) is 0 Å². The highest BCUT2D eigenvalue weighted by Crippen LogP contribution is 2.16. The lowest BCUT2D eigenvalue weighted by atomic mass is 10.2. The number of alkyl carbamates (subject to hydrolysis) is 2. The molecule has 4 amide bonds. The summed E-state index contributed by atoms with van der Waals surface area (Å²) in [5.41, 5.74) is 3.35. The van der Waals surface area contributed by atoms with Crippen LogP contribution >= 0.6 is 36.3 Å². The number of halogens is 2. The second kappa shape index (κ2) is 44.3. The number of carbonyl (C=O) groups is 4. The SMILES string of the molecule is C#CCCN.C#CCCN(C(=O)OC(C)(C)C)C(=O)OC(C)(C)C.C#CCCO.C#CCCOS(=O)(=O)c1ccc(C)cc1.CC#CC#CC#CSOOCl.CC(C)(C)OC(=O)NC(=O)OC(C)(C)C.Cl. The summed E-state index contributed by atoms with van der Waals surface area (Å²) in [4.78, 5) is 47.1. The number of imide groups is 2. The molecule has 0 heterocycles. The molecule has 0 aliphatic rings. The van der Waals surface area contributed by atoms with Gasteiger partial charge >= 0.3 is 24.4 Å². The summed E-state index contributed by atoms with van der Waals surface area (Å²) in [6, 6.07) is 6.47. The molecule has 0 bridgehead atoms. The van der Waals surface area contributed by atoms with Crippen LogP contribution in [-0.2, 0) is 42.0 Å². The maximum Gasteiger partial charge on any atom is 0.419 e. The van der Waals surface area contributed by atoms with Gasteiger partial charge < -0.3 is 29.8 Å². The summed E-state index contributed by atoms with van der Waals surface area (Å²) in [7, 11) is -3.64. The molecule has 1 aromatic carbocycles. The van der Waals surface area contributed by atoms with Gasteiger partial charge in [0.2, 0.25) is 0 Å². The number of amides is 4. The molecule has 1 aromatic rings. The fraction of sp³-hybridized carbons (Fsp3) is 0.520. The molecule has 1 rings (SSSR count). The summed E-state index contributed by atoms with van der Waals surface area (Å²) >= 11 is 5.44. The molecule has 71 heavy (non-hydrogen) atoms. The molecule has 0 saturated carbocycles. The zero-order valence-corrected chi connectivity index (χ0v) is 46.4. The molecular weight excluding hydrogens is 1000 g/mol. The van der Waals surface area contributed by atoms with E-state index in [2.05, 4.69) is 67.3 Å². The molecule has 0 aliphatic carbocycles. The van der Waals surface area contributed by atoms with Gasteiger partial charge in [0.25, 0.3) is 10.1 Å². The van der Waals surface area contributed by atoms with Gasteiger partial charge in [-0.1, -0.05) is 23.6 Å². The van der Waals surface area contributed by atoms with Crippen molar-refractivity contribution < 1.29 is 64.6 Å². The Labute approximate surface area is 439 Å². The van der Waals surface area contributed by atoms with Crippen molar-refractivity contribution in [2.75, 3.05) is 26.3 Å². The second-order valence-corrected chi connectivity index (χ2v) is 19.0. The fourth-order valence-corrected chi connectivity index (χ4v) is 4.23. The predicted molar refractivity (Wildman–Crippen MR) is 281 cm³/mol. The van der Waals surface area contributed by atoms with Crippen LogP contribution in [0.15, 0.2) is 29.2 Å². The van der Waals surface area contributed by atoms with E-state index in [0.717, 1.165) is 22.5 Å². The van der Waals surface area contributed by atoms with E-state index in [1.807, 2.05) is 12.2 Å². The quantitative estimate of drug-likeness (QED) is 0.0377. The first-order valence-corrected chi connectivity index (χ1v) is 23.2. The van der Waals surface area contributed by atoms with Gasteiger partial charge in [-0.3, -0.25) is 4.18 Å². The molecule has 17 nitrogen and oxygen atoms in total. The molecule has 0 spiro atoms. The van der Waals surface area contributed by atoms with E-state index >= 15 is 0 Å².